The van der Waals surface area contributed by atoms with Crippen molar-refractivity contribution in [1.29, 1.82) is 0 Å². The summed E-state index contributed by atoms with van der Waals surface area (Å²) in [5.74, 6) is -2.37. The number of phenols is 1. The van der Waals surface area contributed by atoms with Crippen LogP contribution in [0, 0.1) is 6.92 Å². The molecule has 0 radical (unpaired) electrons. The maximum atomic E-state index is 12.7. The number of aromatic carboxylic acids is 1. The number of anilines is 1. The highest BCUT2D eigenvalue weighted by Gasteiger charge is 2.20. The topological polar surface area (TPSA) is 132 Å². The average Bonchev–Trinajstić information content (AvgIpc) is 3.00. The minimum atomic E-state index is -1.05. The Morgan fingerprint density at radius 3 is 2.26 bits per heavy atom. The molecule has 0 saturated heterocycles. The van der Waals surface area contributed by atoms with Gasteiger partial charge < -0.3 is 25.8 Å². The van der Waals surface area contributed by atoms with Gasteiger partial charge in [0.25, 0.3) is 11.8 Å². The standard InChI is InChI=1S/C21H17Cl2N3O5/c1-10-16(22)17(23)18(25-10)20(29)26-15-7-6-13(27)8-14(15)19(28)24-9-11-2-4-12(5-3-11)21(30)31/h2-8,25,27H,9H2,1H3,(H,24,28)(H,26,29)(H,30,31). The molecule has 0 bridgehead atoms. The number of nitrogens with one attached hydrogen (secondary N) is 3. The number of aryl methyl sites for hydroxylation is 1. The molecule has 0 aliphatic rings. The van der Waals surface area contributed by atoms with Gasteiger partial charge in [0.2, 0.25) is 0 Å². The van der Waals surface area contributed by atoms with Crippen LogP contribution in [0.4, 0.5) is 5.69 Å². The summed E-state index contributed by atoms with van der Waals surface area (Å²) in [4.78, 5) is 39.0. The van der Waals surface area contributed by atoms with Crippen LogP contribution < -0.4 is 10.6 Å². The van der Waals surface area contributed by atoms with E-state index in [1.807, 2.05) is 0 Å². The zero-order chi connectivity index (χ0) is 22.7. The first-order valence-corrected chi connectivity index (χ1v) is 9.71. The fourth-order valence-corrected chi connectivity index (χ4v) is 3.20. The van der Waals surface area contributed by atoms with Gasteiger partial charge >= 0.3 is 5.97 Å². The van der Waals surface area contributed by atoms with Gasteiger partial charge in [-0.25, -0.2) is 4.79 Å². The van der Waals surface area contributed by atoms with Gasteiger partial charge in [-0.15, -0.1) is 0 Å². The van der Waals surface area contributed by atoms with E-state index in [9.17, 15) is 19.5 Å². The highest BCUT2D eigenvalue weighted by Crippen LogP contribution is 2.30. The summed E-state index contributed by atoms with van der Waals surface area (Å²) in [6.45, 7) is 1.77. The number of rotatable bonds is 6. The molecule has 3 aromatic rings. The van der Waals surface area contributed by atoms with E-state index in [0.29, 0.717) is 11.3 Å². The number of aromatic amines is 1. The lowest BCUT2D eigenvalue weighted by atomic mass is 10.1. The molecule has 0 saturated carbocycles. The predicted molar refractivity (Wildman–Crippen MR) is 116 cm³/mol. The van der Waals surface area contributed by atoms with E-state index in [0.717, 1.165) is 0 Å². The molecule has 160 valence electrons. The zero-order valence-electron chi connectivity index (χ0n) is 16.1. The lowest BCUT2D eigenvalue weighted by Crippen LogP contribution is -2.25. The molecule has 8 nitrogen and oxygen atoms in total. The maximum absolute atomic E-state index is 12.7. The number of hydrogen-bond donors (Lipinski definition) is 5. The minimum absolute atomic E-state index is 0.0287. The molecule has 0 fully saturated rings. The number of aromatic nitrogens is 1. The van der Waals surface area contributed by atoms with Gasteiger partial charge in [0.05, 0.1) is 26.9 Å². The van der Waals surface area contributed by atoms with Crippen LogP contribution in [0.25, 0.3) is 0 Å². The summed E-state index contributed by atoms with van der Waals surface area (Å²) in [7, 11) is 0. The first kappa shape index (κ1) is 22.2. The smallest absolute Gasteiger partial charge is 0.335 e. The molecule has 2 aromatic carbocycles. The Labute approximate surface area is 186 Å². The Morgan fingerprint density at radius 1 is 1.00 bits per heavy atom. The summed E-state index contributed by atoms with van der Waals surface area (Å²) < 4.78 is 0. The monoisotopic (exact) mass is 461 g/mol. The SMILES string of the molecule is Cc1[nH]c(C(=O)Nc2ccc(O)cc2C(=O)NCc2ccc(C(=O)O)cc2)c(Cl)c1Cl. The Kier molecular flexibility index (Phi) is 6.53. The van der Waals surface area contributed by atoms with E-state index in [4.69, 9.17) is 28.3 Å². The van der Waals surface area contributed by atoms with Gasteiger partial charge in [-0.05, 0) is 42.8 Å². The second kappa shape index (κ2) is 9.11. The molecule has 0 aliphatic carbocycles. The van der Waals surface area contributed by atoms with Crippen LogP contribution in [0.2, 0.25) is 10.0 Å². The molecule has 0 spiro atoms. The molecule has 0 unspecified atom stereocenters. The van der Waals surface area contributed by atoms with Crippen molar-refractivity contribution in [3.05, 3.63) is 80.6 Å². The van der Waals surface area contributed by atoms with Crippen molar-refractivity contribution < 1.29 is 24.6 Å². The molecule has 5 N–H and O–H groups in total. The molecule has 3 rings (SSSR count). The van der Waals surface area contributed by atoms with E-state index in [2.05, 4.69) is 15.6 Å². The number of benzene rings is 2. The van der Waals surface area contributed by atoms with Crippen LogP contribution in [0.5, 0.6) is 5.75 Å². The molecule has 1 aromatic heterocycles. The van der Waals surface area contributed by atoms with Crippen molar-refractivity contribution >= 4 is 46.7 Å². The Morgan fingerprint density at radius 2 is 1.68 bits per heavy atom. The summed E-state index contributed by atoms with van der Waals surface area (Å²) in [6, 6.07) is 9.93. The van der Waals surface area contributed by atoms with Crippen molar-refractivity contribution in [2.45, 2.75) is 13.5 Å². The predicted octanol–water partition coefficient (Wildman–Crippen LogP) is 4.22. The van der Waals surface area contributed by atoms with Gasteiger partial charge in [-0.3, -0.25) is 9.59 Å². The number of phenolic OH excluding ortho intramolecular Hbond substituents is 1. The number of hydrogen-bond acceptors (Lipinski definition) is 4. The number of carboxylic acid groups (broad SMARTS) is 1. The first-order chi connectivity index (χ1) is 14.7. The Bertz CT molecular complexity index is 1170. The van der Waals surface area contributed by atoms with Crippen LogP contribution >= 0.6 is 23.2 Å². The summed E-state index contributed by atoms with van der Waals surface area (Å²) in [6.07, 6.45) is 0. The summed E-state index contributed by atoms with van der Waals surface area (Å²) in [5, 5.41) is 24.3. The van der Waals surface area contributed by atoms with Crippen molar-refractivity contribution in [3.63, 3.8) is 0 Å². The van der Waals surface area contributed by atoms with E-state index in [-0.39, 0.29) is 44.8 Å². The lowest BCUT2D eigenvalue weighted by molar-refractivity contribution is 0.0696. The van der Waals surface area contributed by atoms with Crippen LogP contribution in [0.3, 0.4) is 0 Å². The van der Waals surface area contributed by atoms with Gasteiger partial charge in [-0.2, -0.15) is 0 Å². The number of aromatic hydroxyl groups is 1. The number of amides is 2. The number of carboxylic acids is 1. The van der Waals surface area contributed by atoms with Crippen LogP contribution in [-0.2, 0) is 6.54 Å². The summed E-state index contributed by atoms with van der Waals surface area (Å²) in [5.41, 5.74) is 1.55. The fraction of sp³-hybridized carbons (Fsp3) is 0.0952. The minimum Gasteiger partial charge on any atom is -0.508 e. The van der Waals surface area contributed by atoms with Gasteiger partial charge in [-0.1, -0.05) is 35.3 Å². The van der Waals surface area contributed by atoms with Crippen LogP contribution in [-0.4, -0.2) is 33.0 Å². The van der Waals surface area contributed by atoms with E-state index in [1.165, 1.54) is 30.3 Å². The first-order valence-electron chi connectivity index (χ1n) is 8.95. The van der Waals surface area contributed by atoms with E-state index < -0.39 is 17.8 Å². The van der Waals surface area contributed by atoms with Crippen LogP contribution in [0.1, 0.15) is 42.5 Å². The third kappa shape index (κ3) is 4.99. The van der Waals surface area contributed by atoms with Crippen molar-refractivity contribution in [2.75, 3.05) is 5.32 Å². The van der Waals surface area contributed by atoms with Crippen LogP contribution in [0.15, 0.2) is 42.5 Å². The number of H-pyrrole nitrogens is 1. The molecular weight excluding hydrogens is 445 g/mol. The largest absolute Gasteiger partial charge is 0.508 e. The normalized spacial score (nSPS) is 10.5. The molecule has 31 heavy (non-hydrogen) atoms. The quantitative estimate of drug-likeness (QED) is 0.350. The van der Waals surface area contributed by atoms with E-state index >= 15 is 0 Å². The highest BCUT2D eigenvalue weighted by atomic mass is 35.5. The van der Waals surface area contributed by atoms with E-state index in [1.54, 1.807) is 19.1 Å². The molecule has 1 heterocycles. The van der Waals surface area contributed by atoms with Gasteiger partial charge in [0, 0.05) is 12.2 Å². The molecule has 2 amide bonds. The Hall–Kier alpha value is -3.49. The van der Waals surface area contributed by atoms with Crippen molar-refractivity contribution in [3.8, 4) is 5.75 Å². The molecule has 0 atom stereocenters. The third-order valence-electron chi connectivity index (χ3n) is 4.43. The van der Waals surface area contributed by atoms with Crippen molar-refractivity contribution in [1.82, 2.24) is 10.3 Å². The number of halogens is 2. The average molecular weight is 462 g/mol. The fourth-order valence-electron chi connectivity index (χ4n) is 2.78. The Balaban J connectivity index is 1.77. The lowest BCUT2D eigenvalue weighted by Gasteiger charge is -2.12. The van der Waals surface area contributed by atoms with Gasteiger partial charge in [0.1, 0.15) is 11.4 Å². The summed E-state index contributed by atoms with van der Waals surface area (Å²) >= 11 is 12.1. The maximum Gasteiger partial charge on any atom is 0.335 e. The molecular formula is C21H17Cl2N3O5. The second-order valence-electron chi connectivity index (χ2n) is 6.62. The highest BCUT2D eigenvalue weighted by molar-refractivity contribution is 6.44. The zero-order valence-corrected chi connectivity index (χ0v) is 17.6. The van der Waals surface area contributed by atoms with Gasteiger partial charge in [0.15, 0.2) is 0 Å². The van der Waals surface area contributed by atoms with Crippen molar-refractivity contribution in [2.24, 2.45) is 0 Å². The number of carbonyl (C=O) groups is 3. The molecule has 10 heteroatoms. The number of carbonyl (C=O) groups excluding carboxylic acids is 2. The molecule has 0 aliphatic heterocycles. The third-order valence-corrected chi connectivity index (χ3v) is 5.38. The second-order valence-corrected chi connectivity index (χ2v) is 7.38.